The molecule has 7 nitrogen and oxygen atoms in total. The number of nitrogens with one attached hydrogen (secondary N) is 1. The van der Waals surface area contributed by atoms with Crippen LogP contribution in [0.5, 0.6) is 0 Å². The molecule has 4 rings (SSSR count). The number of carbonyl (C=O) groups excluding carboxylic acids is 1. The van der Waals surface area contributed by atoms with Crippen molar-refractivity contribution in [3.63, 3.8) is 0 Å². The van der Waals surface area contributed by atoms with Crippen molar-refractivity contribution in [1.82, 2.24) is 14.9 Å². The topological polar surface area (TPSA) is 92.3 Å². The maximum atomic E-state index is 12.9. The van der Waals surface area contributed by atoms with E-state index in [2.05, 4.69) is 15.3 Å². The normalized spacial score (nSPS) is 18.6. The van der Waals surface area contributed by atoms with Crippen molar-refractivity contribution < 1.29 is 13.2 Å². The average molecular weight is 457 g/mol. The van der Waals surface area contributed by atoms with Gasteiger partial charge in [0, 0.05) is 24.2 Å². The molecule has 1 saturated heterocycles. The third kappa shape index (κ3) is 4.99. The monoisotopic (exact) mass is 456 g/mol. The minimum absolute atomic E-state index is 0.0320. The Balaban J connectivity index is 1.55. The van der Waals surface area contributed by atoms with Gasteiger partial charge in [-0.1, -0.05) is 42.1 Å². The van der Waals surface area contributed by atoms with E-state index in [0.29, 0.717) is 17.4 Å². The Morgan fingerprint density at radius 3 is 2.55 bits per heavy atom. The maximum Gasteiger partial charge on any atom is 0.235 e. The van der Waals surface area contributed by atoms with E-state index in [1.807, 2.05) is 54.6 Å². The van der Waals surface area contributed by atoms with Gasteiger partial charge in [-0.15, -0.1) is 0 Å². The number of thioether (sulfide) groups is 1. The number of rotatable bonds is 6. The number of amides is 1. The molecular formula is C22H24N4O3S2. The summed E-state index contributed by atoms with van der Waals surface area (Å²) >= 11 is 1.28. The Hall–Kier alpha value is -2.65. The standard InChI is InChI=1S/C22H24N4O3S2/c1-15(21(27)26(2)17-12-13-31(28,29)14-17)30-22-24-19-11-7-6-10-18(19)20(25-22)23-16-8-4-3-5-9-16/h3-11,15,17H,12-14H2,1-2H3,(H,23,24,25). The Bertz CT molecular complexity index is 1200. The van der Waals surface area contributed by atoms with Gasteiger partial charge in [0.1, 0.15) is 5.82 Å². The molecule has 1 aromatic heterocycles. The van der Waals surface area contributed by atoms with Gasteiger partial charge in [0.2, 0.25) is 5.91 Å². The Kier molecular flexibility index (Phi) is 6.15. The molecule has 2 unspecified atom stereocenters. The first-order chi connectivity index (χ1) is 14.8. The minimum Gasteiger partial charge on any atom is -0.341 e. The number of anilines is 2. The lowest BCUT2D eigenvalue weighted by Gasteiger charge is -2.26. The lowest BCUT2D eigenvalue weighted by Crippen LogP contribution is -2.41. The zero-order chi connectivity index (χ0) is 22.0. The van der Waals surface area contributed by atoms with Crippen LogP contribution in [0.3, 0.4) is 0 Å². The van der Waals surface area contributed by atoms with Crippen LogP contribution in [-0.2, 0) is 14.6 Å². The van der Waals surface area contributed by atoms with Gasteiger partial charge in [-0.3, -0.25) is 4.79 Å². The molecule has 3 aromatic rings. The van der Waals surface area contributed by atoms with Crippen molar-refractivity contribution in [2.75, 3.05) is 23.9 Å². The van der Waals surface area contributed by atoms with E-state index in [9.17, 15) is 13.2 Å². The highest BCUT2D eigenvalue weighted by molar-refractivity contribution is 8.00. The Labute approximate surface area is 186 Å². The highest BCUT2D eigenvalue weighted by atomic mass is 32.2. The number of fused-ring (bicyclic) bond motifs is 1. The summed E-state index contributed by atoms with van der Waals surface area (Å²) in [6.07, 6.45) is 0.486. The van der Waals surface area contributed by atoms with Crippen LogP contribution >= 0.6 is 11.8 Å². The lowest BCUT2D eigenvalue weighted by atomic mass is 10.2. The zero-order valence-corrected chi connectivity index (χ0v) is 19.0. The molecule has 1 aliphatic heterocycles. The first-order valence-electron chi connectivity index (χ1n) is 10.0. The van der Waals surface area contributed by atoms with Crippen LogP contribution in [-0.4, -0.2) is 59.0 Å². The van der Waals surface area contributed by atoms with Crippen LogP contribution in [0.1, 0.15) is 13.3 Å². The number of benzene rings is 2. The van der Waals surface area contributed by atoms with Gasteiger partial charge in [0.25, 0.3) is 0 Å². The highest BCUT2D eigenvalue weighted by Crippen LogP contribution is 2.29. The summed E-state index contributed by atoms with van der Waals surface area (Å²) in [5.74, 6) is 0.721. The number of carbonyl (C=O) groups is 1. The van der Waals surface area contributed by atoms with E-state index in [4.69, 9.17) is 0 Å². The molecule has 0 saturated carbocycles. The van der Waals surface area contributed by atoms with Crippen LogP contribution in [0, 0.1) is 0 Å². The van der Waals surface area contributed by atoms with Gasteiger partial charge < -0.3 is 10.2 Å². The molecular weight excluding hydrogens is 432 g/mol. The summed E-state index contributed by atoms with van der Waals surface area (Å²) in [4.78, 5) is 23.8. The Morgan fingerprint density at radius 1 is 1.13 bits per heavy atom. The van der Waals surface area contributed by atoms with E-state index in [1.165, 1.54) is 11.8 Å². The molecule has 1 aliphatic rings. The van der Waals surface area contributed by atoms with Crippen molar-refractivity contribution in [3.05, 3.63) is 54.6 Å². The van der Waals surface area contributed by atoms with Gasteiger partial charge >= 0.3 is 0 Å². The van der Waals surface area contributed by atoms with E-state index >= 15 is 0 Å². The molecule has 1 amide bonds. The molecule has 31 heavy (non-hydrogen) atoms. The van der Waals surface area contributed by atoms with E-state index < -0.39 is 15.1 Å². The SMILES string of the molecule is CC(Sc1nc(Nc2ccccc2)c2ccccc2n1)C(=O)N(C)C1CCS(=O)(=O)C1. The van der Waals surface area contributed by atoms with Crippen molar-refractivity contribution in [2.45, 2.75) is 29.8 Å². The number of hydrogen-bond donors (Lipinski definition) is 1. The van der Waals surface area contributed by atoms with Crippen LogP contribution in [0.25, 0.3) is 10.9 Å². The van der Waals surface area contributed by atoms with Crippen LogP contribution in [0.4, 0.5) is 11.5 Å². The summed E-state index contributed by atoms with van der Waals surface area (Å²) in [5, 5.41) is 4.28. The summed E-state index contributed by atoms with van der Waals surface area (Å²) < 4.78 is 23.5. The molecule has 1 N–H and O–H groups in total. The van der Waals surface area contributed by atoms with E-state index in [-0.39, 0.29) is 23.5 Å². The van der Waals surface area contributed by atoms with Crippen molar-refractivity contribution in [2.24, 2.45) is 0 Å². The molecule has 2 heterocycles. The molecule has 2 atom stereocenters. The lowest BCUT2D eigenvalue weighted by molar-refractivity contribution is -0.130. The number of nitrogens with zero attached hydrogens (tertiary/aromatic N) is 3. The summed E-state index contributed by atoms with van der Waals surface area (Å²) in [6, 6.07) is 17.2. The largest absolute Gasteiger partial charge is 0.341 e. The number of para-hydroxylation sites is 2. The number of aromatic nitrogens is 2. The van der Waals surface area contributed by atoms with Crippen LogP contribution < -0.4 is 5.32 Å². The number of hydrogen-bond acceptors (Lipinski definition) is 7. The third-order valence-electron chi connectivity index (χ3n) is 5.35. The predicted molar refractivity (Wildman–Crippen MR) is 124 cm³/mol. The van der Waals surface area contributed by atoms with Crippen LogP contribution in [0.15, 0.2) is 59.8 Å². The first-order valence-corrected chi connectivity index (χ1v) is 12.7. The molecule has 0 spiro atoms. The predicted octanol–water partition coefficient (Wildman–Crippen LogP) is 3.50. The van der Waals surface area contributed by atoms with Crippen molar-refractivity contribution >= 4 is 49.9 Å². The first kappa shape index (κ1) is 21.6. The molecule has 0 radical (unpaired) electrons. The smallest absolute Gasteiger partial charge is 0.235 e. The fraction of sp³-hybridized carbons (Fsp3) is 0.318. The van der Waals surface area contributed by atoms with Gasteiger partial charge in [-0.2, -0.15) is 0 Å². The van der Waals surface area contributed by atoms with Crippen molar-refractivity contribution in [3.8, 4) is 0 Å². The van der Waals surface area contributed by atoms with Crippen molar-refractivity contribution in [1.29, 1.82) is 0 Å². The highest BCUT2D eigenvalue weighted by Gasteiger charge is 2.34. The summed E-state index contributed by atoms with van der Waals surface area (Å²) in [6.45, 7) is 1.80. The van der Waals surface area contributed by atoms with Gasteiger partial charge in [0.05, 0.1) is 22.3 Å². The fourth-order valence-corrected chi connectivity index (χ4v) is 6.27. The zero-order valence-electron chi connectivity index (χ0n) is 17.4. The average Bonchev–Trinajstić information content (AvgIpc) is 3.13. The minimum atomic E-state index is -3.05. The van der Waals surface area contributed by atoms with Gasteiger partial charge in [-0.25, -0.2) is 18.4 Å². The van der Waals surface area contributed by atoms with Gasteiger partial charge in [0.15, 0.2) is 15.0 Å². The molecule has 2 aromatic carbocycles. The van der Waals surface area contributed by atoms with E-state index in [1.54, 1.807) is 18.9 Å². The third-order valence-corrected chi connectivity index (χ3v) is 8.05. The fourth-order valence-electron chi connectivity index (χ4n) is 3.62. The second kappa shape index (κ2) is 8.84. The molecule has 0 aliphatic carbocycles. The Morgan fingerprint density at radius 2 is 1.84 bits per heavy atom. The molecule has 9 heteroatoms. The number of sulfone groups is 1. The second-order valence-corrected chi connectivity index (χ2v) is 11.2. The molecule has 0 bridgehead atoms. The van der Waals surface area contributed by atoms with E-state index in [0.717, 1.165) is 16.6 Å². The summed E-state index contributed by atoms with van der Waals surface area (Å²) in [5.41, 5.74) is 1.70. The maximum absolute atomic E-state index is 12.9. The summed E-state index contributed by atoms with van der Waals surface area (Å²) in [7, 11) is -1.38. The molecule has 162 valence electrons. The second-order valence-electron chi connectivity index (χ2n) is 7.63. The molecule has 1 fully saturated rings. The van der Waals surface area contributed by atoms with Crippen LogP contribution in [0.2, 0.25) is 0 Å². The van der Waals surface area contributed by atoms with Gasteiger partial charge in [-0.05, 0) is 37.6 Å². The quantitative estimate of drug-likeness (QED) is 0.448.